The van der Waals surface area contributed by atoms with Crippen molar-refractivity contribution < 1.29 is 23.9 Å². The van der Waals surface area contributed by atoms with Gasteiger partial charge < -0.3 is 9.64 Å². The van der Waals surface area contributed by atoms with Gasteiger partial charge in [-0.3, -0.25) is 19.2 Å². The third kappa shape index (κ3) is 3.92. The Bertz CT molecular complexity index is 1310. The maximum Gasteiger partial charge on any atom is 0.316 e. The van der Waals surface area contributed by atoms with Gasteiger partial charge in [0.15, 0.2) is 0 Å². The third-order valence-electron chi connectivity index (χ3n) is 7.83. The lowest BCUT2D eigenvalue weighted by molar-refractivity contribution is -0.139. The highest BCUT2D eigenvalue weighted by molar-refractivity contribution is 6.22. The molecule has 2 aliphatic heterocycles. The van der Waals surface area contributed by atoms with E-state index in [-0.39, 0.29) is 48.4 Å². The molecular formula is C29H30N2O5. The number of esters is 1. The van der Waals surface area contributed by atoms with E-state index in [0.29, 0.717) is 23.4 Å². The van der Waals surface area contributed by atoms with Crippen molar-refractivity contribution in [3.05, 3.63) is 65.2 Å². The molecule has 5 rings (SSSR count). The SMILES string of the molecule is Cc1cc(OC(=O)[C@@H]2CC(=O)N(c3cccc(C)c3C)C2)ccc1N1C(=O)[C@@H]2[C@@H](C)C=CC[C@H]2C1=O. The number of rotatable bonds is 4. The highest BCUT2D eigenvalue weighted by Crippen LogP contribution is 2.41. The summed E-state index contributed by atoms with van der Waals surface area (Å²) in [5.41, 5.74) is 4.11. The van der Waals surface area contributed by atoms with Crippen LogP contribution in [0.5, 0.6) is 5.75 Å². The number of benzene rings is 2. The molecule has 0 unspecified atom stereocenters. The number of anilines is 2. The van der Waals surface area contributed by atoms with Gasteiger partial charge in [-0.15, -0.1) is 0 Å². The fourth-order valence-corrected chi connectivity index (χ4v) is 5.65. The predicted octanol–water partition coefficient (Wildman–Crippen LogP) is 4.27. The van der Waals surface area contributed by atoms with Crippen LogP contribution < -0.4 is 14.5 Å². The summed E-state index contributed by atoms with van der Waals surface area (Å²) in [5.74, 6) is -1.81. The van der Waals surface area contributed by atoms with E-state index >= 15 is 0 Å². The molecule has 2 heterocycles. The Balaban J connectivity index is 1.30. The van der Waals surface area contributed by atoms with E-state index in [0.717, 1.165) is 16.8 Å². The molecule has 2 saturated heterocycles. The molecule has 2 aromatic carbocycles. The van der Waals surface area contributed by atoms with Crippen molar-refractivity contribution in [1.82, 2.24) is 0 Å². The summed E-state index contributed by atoms with van der Waals surface area (Å²) in [4.78, 5) is 54.7. The lowest BCUT2D eigenvalue weighted by Crippen LogP contribution is -2.32. The summed E-state index contributed by atoms with van der Waals surface area (Å²) in [7, 11) is 0. The predicted molar refractivity (Wildman–Crippen MR) is 136 cm³/mol. The molecule has 0 N–H and O–H groups in total. The van der Waals surface area contributed by atoms with Crippen LogP contribution >= 0.6 is 0 Å². The molecule has 0 aromatic heterocycles. The highest BCUT2D eigenvalue weighted by atomic mass is 16.5. The van der Waals surface area contributed by atoms with Crippen LogP contribution in [0.3, 0.4) is 0 Å². The number of hydrogen-bond donors (Lipinski definition) is 0. The minimum atomic E-state index is -0.573. The van der Waals surface area contributed by atoms with Crippen LogP contribution in [0.15, 0.2) is 48.6 Å². The number of amides is 3. The molecule has 0 radical (unpaired) electrons. The van der Waals surface area contributed by atoms with E-state index < -0.39 is 11.9 Å². The third-order valence-corrected chi connectivity index (χ3v) is 7.83. The number of carbonyl (C=O) groups excluding carboxylic acids is 4. The van der Waals surface area contributed by atoms with Crippen molar-refractivity contribution in [3.63, 3.8) is 0 Å². The summed E-state index contributed by atoms with van der Waals surface area (Å²) in [6, 6.07) is 10.7. The van der Waals surface area contributed by atoms with Gasteiger partial charge in [0.25, 0.3) is 0 Å². The number of allylic oxidation sites excluding steroid dienone is 2. The largest absolute Gasteiger partial charge is 0.426 e. The summed E-state index contributed by atoms with van der Waals surface area (Å²) in [5, 5.41) is 0. The molecule has 3 aliphatic rings. The highest BCUT2D eigenvalue weighted by Gasteiger charge is 2.50. The Hall–Kier alpha value is -3.74. The number of nitrogens with zero attached hydrogens (tertiary/aromatic N) is 2. The molecule has 3 amide bonds. The van der Waals surface area contributed by atoms with Crippen LogP contribution in [-0.2, 0) is 19.2 Å². The van der Waals surface area contributed by atoms with Crippen molar-refractivity contribution in [3.8, 4) is 5.75 Å². The normalized spacial score (nSPS) is 25.5. The van der Waals surface area contributed by atoms with Gasteiger partial charge in [-0.25, -0.2) is 4.90 Å². The van der Waals surface area contributed by atoms with Gasteiger partial charge in [-0.2, -0.15) is 0 Å². The fourth-order valence-electron chi connectivity index (χ4n) is 5.65. The summed E-state index contributed by atoms with van der Waals surface area (Å²) < 4.78 is 5.63. The number of imide groups is 1. The molecular weight excluding hydrogens is 456 g/mol. The monoisotopic (exact) mass is 486 g/mol. The van der Waals surface area contributed by atoms with E-state index in [4.69, 9.17) is 4.74 Å². The second-order valence-electron chi connectivity index (χ2n) is 10.2. The van der Waals surface area contributed by atoms with E-state index in [1.807, 2.05) is 51.1 Å². The van der Waals surface area contributed by atoms with Gasteiger partial charge in [-0.05, 0) is 74.1 Å². The van der Waals surface area contributed by atoms with Crippen LogP contribution in [-0.4, -0.2) is 30.2 Å². The first kappa shape index (κ1) is 24.0. The molecule has 2 fully saturated rings. The average Bonchev–Trinajstić information content (AvgIpc) is 3.34. The lowest BCUT2D eigenvalue weighted by atomic mass is 9.78. The van der Waals surface area contributed by atoms with Gasteiger partial charge in [0.1, 0.15) is 5.75 Å². The van der Waals surface area contributed by atoms with Crippen LogP contribution in [0, 0.1) is 44.4 Å². The molecule has 0 saturated carbocycles. The average molecular weight is 487 g/mol. The zero-order valence-electron chi connectivity index (χ0n) is 21.0. The van der Waals surface area contributed by atoms with Crippen molar-refractivity contribution >= 4 is 35.1 Å². The van der Waals surface area contributed by atoms with Gasteiger partial charge in [0.2, 0.25) is 17.7 Å². The second kappa shape index (κ2) is 9.04. The Kier molecular flexibility index (Phi) is 6.02. The molecule has 1 aliphatic carbocycles. The molecule has 0 spiro atoms. The maximum absolute atomic E-state index is 13.1. The minimum Gasteiger partial charge on any atom is -0.426 e. The second-order valence-corrected chi connectivity index (χ2v) is 10.2. The Labute approximate surface area is 210 Å². The number of hydrogen-bond acceptors (Lipinski definition) is 5. The molecule has 4 atom stereocenters. The molecule has 7 heteroatoms. The van der Waals surface area contributed by atoms with Gasteiger partial charge in [-0.1, -0.05) is 31.2 Å². The van der Waals surface area contributed by atoms with E-state index in [9.17, 15) is 19.2 Å². The Morgan fingerprint density at radius 1 is 0.972 bits per heavy atom. The molecule has 2 aromatic rings. The quantitative estimate of drug-likeness (QED) is 0.279. The fraction of sp³-hybridized carbons (Fsp3) is 0.379. The van der Waals surface area contributed by atoms with Crippen LogP contribution in [0.1, 0.15) is 36.5 Å². The van der Waals surface area contributed by atoms with Crippen molar-refractivity contribution in [2.75, 3.05) is 16.3 Å². The van der Waals surface area contributed by atoms with E-state index in [2.05, 4.69) is 0 Å². The number of ether oxygens (including phenoxy) is 1. The zero-order valence-corrected chi connectivity index (χ0v) is 21.0. The first-order chi connectivity index (χ1) is 17.2. The summed E-state index contributed by atoms with van der Waals surface area (Å²) >= 11 is 0. The van der Waals surface area contributed by atoms with E-state index in [1.54, 1.807) is 30.0 Å². The topological polar surface area (TPSA) is 84.0 Å². The maximum atomic E-state index is 13.1. The van der Waals surface area contributed by atoms with Crippen molar-refractivity contribution in [2.24, 2.45) is 23.7 Å². The molecule has 186 valence electrons. The molecule has 36 heavy (non-hydrogen) atoms. The first-order valence-electron chi connectivity index (χ1n) is 12.4. The summed E-state index contributed by atoms with van der Waals surface area (Å²) in [6.45, 7) is 7.98. The van der Waals surface area contributed by atoms with Crippen molar-refractivity contribution in [1.29, 1.82) is 0 Å². The zero-order chi connectivity index (χ0) is 25.7. The molecule has 7 nitrogen and oxygen atoms in total. The number of carbonyl (C=O) groups is 4. The molecule has 0 bridgehead atoms. The minimum absolute atomic E-state index is 0.0167. The van der Waals surface area contributed by atoms with E-state index in [1.165, 1.54) is 4.90 Å². The van der Waals surface area contributed by atoms with Gasteiger partial charge in [0, 0.05) is 18.7 Å². The summed E-state index contributed by atoms with van der Waals surface area (Å²) in [6.07, 6.45) is 4.64. The van der Waals surface area contributed by atoms with Gasteiger partial charge >= 0.3 is 5.97 Å². The number of fused-ring (bicyclic) bond motifs is 1. The van der Waals surface area contributed by atoms with Crippen LogP contribution in [0.4, 0.5) is 11.4 Å². The van der Waals surface area contributed by atoms with Crippen LogP contribution in [0.25, 0.3) is 0 Å². The first-order valence-corrected chi connectivity index (χ1v) is 12.4. The smallest absolute Gasteiger partial charge is 0.316 e. The Morgan fingerprint density at radius 3 is 2.47 bits per heavy atom. The number of aryl methyl sites for hydroxylation is 2. The van der Waals surface area contributed by atoms with Gasteiger partial charge in [0.05, 0.1) is 23.4 Å². The Morgan fingerprint density at radius 2 is 1.75 bits per heavy atom. The standard InChI is InChI=1S/C29H30N2O5/c1-16-7-6-10-24(19(16)4)30-15-20(14-25(30)32)29(35)36-21-11-12-23(18(3)13-21)31-27(33)22-9-5-8-17(2)26(22)28(31)34/h5-8,10-13,17,20,22,26H,9,14-15H2,1-4H3/t17-,20+,22+,26+/m0/s1. The van der Waals surface area contributed by atoms with Crippen molar-refractivity contribution in [2.45, 2.75) is 40.5 Å². The van der Waals surface area contributed by atoms with Crippen LogP contribution in [0.2, 0.25) is 0 Å². The lowest BCUT2D eigenvalue weighted by Gasteiger charge is -2.22.